The lowest BCUT2D eigenvalue weighted by Crippen LogP contribution is -2.40. The topological polar surface area (TPSA) is 87.1 Å². The van der Waals surface area contributed by atoms with Crippen molar-refractivity contribution in [3.8, 4) is 0 Å². The third kappa shape index (κ3) is 4.12. The number of aromatic amines is 1. The Morgan fingerprint density at radius 3 is 2.81 bits per heavy atom. The van der Waals surface area contributed by atoms with Crippen LogP contribution < -0.4 is 0 Å². The van der Waals surface area contributed by atoms with Crippen LogP contribution in [0.15, 0.2) is 30.6 Å². The first kappa shape index (κ1) is 22.0. The molecule has 2 aromatic heterocycles. The van der Waals surface area contributed by atoms with Gasteiger partial charge in [-0.3, -0.25) is 14.3 Å². The SMILES string of the molecule is C[C@H](Cn1ccnn1)C(=O)N1CCC=C(c2cc(Cl)c3cc(C(=O)N(C)C)[nH]c3c2F)C1. The number of hydrogen-bond acceptors (Lipinski definition) is 4. The minimum absolute atomic E-state index is 0.0302. The quantitative estimate of drug-likeness (QED) is 0.636. The average Bonchev–Trinajstić information content (AvgIpc) is 3.45. The standard InChI is InChI=1S/C22H24ClFN6O2/c1-13(11-30-8-6-25-27-30)21(31)29-7-4-5-14(12-29)15-9-17(23)16-10-18(22(32)28(2)3)26-20(16)19(15)24/h5-6,8-10,13,26H,4,7,11-12H2,1-3H3/t13-/m1/s1. The van der Waals surface area contributed by atoms with E-state index in [1.165, 1.54) is 4.90 Å². The van der Waals surface area contributed by atoms with Crippen molar-refractivity contribution < 1.29 is 14.0 Å². The molecule has 3 heterocycles. The molecule has 168 valence electrons. The second-order valence-corrected chi connectivity index (χ2v) is 8.60. The summed E-state index contributed by atoms with van der Waals surface area (Å²) in [7, 11) is 3.25. The number of nitrogens with zero attached hydrogens (tertiary/aromatic N) is 5. The lowest BCUT2D eigenvalue weighted by atomic mass is 9.98. The fourth-order valence-electron chi connectivity index (χ4n) is 3.94. The lowest BCUT2D eigenvalue weighted by Gasteiger charge is -2.30. The lowest BCUT2D eigenvalue weighted by molar-refractivity contribution is -0.135. The molecule has 0 saturated carbocycles. The highest BCUT2D eigenvalue weighted by molar-refractivity contribution is 6.36. The summed E-state index contributed by atoms with van der Waals surface area (Å²) in [4.78, 5) is 31.3. The van der Waals surface area contributed by atoms with Crippen LogP contribution in [-0.4, -0.2) is 68.8 Å². The monoisotopic (exact) mass is 458 g/mol. The van der Waals surface area contributed by atoms with E-state index in [1.54, 1.807) is 48.2 Å². The minimum atomic E-state index is -0.488. The molecule has 1 aliphatic rings. The maximum absolute atomic E-state index is 15.5. The van der Waals surface area contributed by atoms with E-state index >= 15 is 4.39 Å². The summed E-state index contributed by atoms with van der Waals surface area (Å²) in [6.07, 6.45) is 5.83. The van der Waals surface area contributed by atoms with Gasteiger partial charge in [0.1, 0.15) is 5.69 Å². The zero-order chi connectivity index (χ0) is 23.0. The van der Waals surface area contributed by atoms with Crippen molar-refractivity contribution in [2.75, 3.05) is 27.2 Å². The van der Waals surface area contributed by atoms with Crippen LogP contribution in [-0.2, 0) is 11.3 Å². The Morgan fingerprint density at radius 2 is 2.12 bits per heavy atom. The van der Waals surface area contributed by atoms with Crippen LogP contribution in [0.2, 0.25) is 5.02 Å². The maximum Gasteiger partial charge on any atom is 0.269 e. The molecule has 0 saturated heterocycles. The molecule has 8 nitrogen and oxygen atoms in total. The number of rotatable bonds is 5. The van der Waals surface area contributed by atoms with E-state index in [0.29, 0.717) is 41.1 Å². The summed E-state index contributed by atoms with van der Waals surface area (Å²) in [5, 5.41) is 8.46. The number of amides is 2. The van der Waals surface area contributed by atoms with Gasteiger partial charge in [-0.2, -0.15) is 0 Å². The Balaban J connectivity index is 1.59. The molecular weight excluding hydrogens is 435 g/mol. The van der Waals surface area contributed by atoms with E-state index in [2.05, 4.69) is 15.3 Å². The van der Waals surface area contributed by atoms with Gasteiger partial charge in [0.25, 0.3) is 5.91 Å². The zero-order valence-corrected chi connectivity index (χ0v) is 18.9. The normalized spacial score (nSPS) is 15.0. The van der Waals surface area contributed by atoms with Crippen LogP contribution >= 0.6 is 11.6 Å². The first-order valence-corrected chi connectivity index (χ1v) is 10.7. The van der Waals surface area contributed by atoms with Crippen molar-refractivity contribution in [2.45, 2.75) is 19.9 Å². The van der Waals surface area contributed by atoms with Crippen molar-refractivity contribution in [2.24, 2.45) is 5.92 Å². The molecule has 32 heavy (non-hydrogen) atoms. The number of benzene rings is 1. The number of fused-ring (bicyclic) bond motifs is 1. The highest BCUT2D eigenvalue weighted by Gasteiger charge is 2.26. The Bertz CT molecular complexity index is 1200. The van der Waals surface area contributed by atoms with Crippen molar-refractivity contribution >= 4 is 39.9 Å². The predicted octanol–water partition coefficient (Wildman–Crippen LogP) is 3.21. The molecule has 1 aromatic carbocycles. The molecular formula is C22H24ClFN6O2. The van der Waals surface area contributed by atoms with Gasteiger partial charge in [-0.15, -0.1) is 5.10 Å². The molecule has 0 aliphatic carbocycles. The maximum atomic E-state index is 15.5. The molecule has 1 aliphatic heterocycles. The summed E-state index contributed by atoms with van der Waals surface area (Å²) in [6, 6.07) is 3.12. The van der Waals surface area contributed by atoms with Gasteiger partial charge in [-0.1, -0.05) is 29.8 Å². The molecule has 0 bridgehead atoms. The Hall–Kier alpha value is -3.20. The number of carbonyl (C=O) groups is 2. The van der Waals surface area contributed by atoms with E-state index in [-0.39, 0.29) is 35.5 Å². The van der Waals surface area contributed by atoms with E-state index in [9.17, 15) is 9.59 Å². The number of hydrogen-bond donors (Lipinski definition) is 1. The van der Waals surface area contributed by atoms with Gasteiger partial charge in [0.15, 0.2) is 5.82 Å². The second kappa shape index (κ2) is 8.74. The molecule has 0 radical (unpaired) electrons. The van der Waals surface area contributed by atoms with E-state index in [1.807, 2.05) is 13.0 Å². The van der Waals surface area contributed by atoms with E-state index in [0.717, 1.165) is 0 Å². The molecule has 0 spiro atoms. The summed E-state index contributed by atoms with van der Waals surface area (Å²) in [6.45, 7) is 3.11. The summed E-state index contributed by atoms with van der Waals surface area (Å²) in [5.41, 5.74) is 1.46. The van der Waals surface area contributed by atoms with Crippen molar-refractivity contribution in [1.82, 2.24) is 29.8 Å². The highest BCUT2D eigenvalue weighted by Crippen LogP contribution is 2.34. The summed E-state index contributed by atoms with van der Waals surface area (Å²) >= 11 is 6.44. The molecule has 1 N–H and O–H groups in total. The third-order valence-corrected chi connectivity index (χ3v) is 5.91. The third-order valence-electron chi connectivity index (χ3n) is 5.60. The van der Waals surface area contributed by atoms with Crippen molar-refractivity contribution in [3.05, 3.63) is 52.7 Å². The average molecular weight is 459 g/mol. The molecule has 10 heteroatoms. The first-order chi connectivity index (χ1) is 15.3. The molecule has 4 rings (SSSR count). The highest BCUT2D eigenvalue weighted by atomic mass is 35.5. The van der Waals surface area contributed by atoms with Gasteiger partial charge in [-0.25, -0.2) is 4.39 Å². The second-order valence-electron chi connectivity index (χ2n) is 8.20. The number of nitrogens with one attached hydrogen (secondary N) is 1. The number of halogens is 2. The van der Waals surface area contributed by atoms with Crippen LogP contribution in [0.4, 0.5) is 4.39 Å². The van der Waals surface area contributed by atoms with Crippen molar-refractivity contribution in [3.63, 3.8) is 0 Å². The summed E-state index contributed by atoms with van der Waals surface area (Å²) in [5.74, 6) is -1.08. The molecule has 3 aromatic rings. The van der Waals surface area contributed by atoms with Gasteiger partial charge in [-0.05, 0) is 24.1 Å². The van der Waals surface area contributed by atoms with E-state index in [4.69, 9.17) is 11.6 Å². The summed E-state index contributed by atoms with van der Waals surface area (Å²) < 4.78 is 17.1. The zero-order valence-electron chi connectivity index (χ0n) is 18.1. The predicted molar refractivity (Wildman–Crippen MR) is 120 cm³/mol. The fraction of sp³-hybridized carbons (Fsp3) is 0.364. The van der Waals surface area contributed by atoms with Crippen LogP contribution in [0, 0.1) is 11.7 Å². The van der Waals surface area contributed by atoms with Crippen LogP contribution in [0.3, 0.4) is 0 Å². The van der Waals surface area contributed by atoms with Gasteiger partial charge < -0.3 is 14.8 Å². The van der Waals surface area contributed by atoms with Crippen LogP contribution in [0.5, 0.6) is 0 Å². The largest absolute Gasteiger partial charge is 0.348 e. The van der Waals surface area contributed by atoms with Gasteiger partial charge >= 0.3 is 0 Å². The molecule has 1 atom stereocenters. The Labute approximate surface area is 189 Å². The Kier molecular flexibility index (Phi) is 6.01. The number of aromatic nitrogens is 4. The fourth-order valence-corrected chi connectivity index (χ4v) is 4.19. The number of H-pyrrole nitrogens is 1. The molecule has 2 amide bonds. The van der Waals surface area contributed by atoms with Gasteiger partial charge in [0, 0.05) is 44.3 Å². The molecule has 0 fully saturated rings. The number of carbonyl (C=O) groups excluding carboxylic acids is 2. The molecule has 0 unspecified atom stereocenters. The van der Waals surface area contributed by atoms with Gasteiger partial charge in [0.05, 0.1) is 29.2 Å². The van der Waals surface area contributed by atoms with Gasteiger partial charge in [0.2, 0.25) is 5.91 Å². The Morgan fingerprint density at radius 1 is 1.34 bits per heavy atom. The smallest absolute Gasteiger partial charge is 0.269 e. The van der Waals surface area contributed by atoms with E-state index < -0.39 is 5.82 Å². The van der Waals surface area contributed by atoms with Crippen LogP contribution in [0.1, 0.15) is 29.4 Å². The van der Waals surface area contributed by atoms with Crippen LogP contribution in [0.25, 0.3) is 16.5 Å². The van der Waals surface area contributed by atoms with Crippen molar-refractivity contribution in [1.29, 1.82) is 0 Å². The first-order valence-electron chi connectivity index (χ1n) is 10.3. The minimum Gasteiger partial charge on any atom is -0.348 e.